The van der Waals surface area contributed by atoms with E-state index in [2.05, 4.69) is 28.9 Å². The molecule has 2 fully saturated rings. The normalized spacial score (nSPS) is 26.1. The minimum Gasteiger partial charge on any atom is -0.372 e. The Kier molecular flexibility index (Phi) is 7.26. The second-order valence-electron chi connectivity index (χ2n) is 8.25. The van der Waals surface area contributed by atoms with E-state index in [1.807, 2.05) is 4.90 Å². The smallest absolute Gasteiger partial charge is 0.372 e. The van der Waals surface area contributed by atoms with Crippen LogP contribution in [0.1, 0.15) is 45.4 Å². The maximum Gasteiger partial charge on any atom is 0.393 e. The van der Waals surface area contributed by atoms with Gasteiger partial charge >= 0.3 is 6.18 Å². The Bertz CT molecular complexity index is 533. The van der Waals surface area contributed by atoms with Crippen LogP contribution in [0.3, 0.4) is 0 Å². The molecule has 3 nitrogen and oxygen atoms in total. The third kappa shape index (κ3) is 5.98. The highest BCUT2D eigenvalue weighted by atomic mass is 19.4. The molecule has 27 heavy (non-hydrogen) atoms. The van der Waals surface area contributed by atoms with Crippen molar-refractivity contribution in [3.05, 3.63) is 23.4 Å². The Labute approximate surface area is 161 Å². The van der Waals surface area contributed by atoms with Crippen LogP contribution in [-0.2, 0) is 0 Å². The van der Waals surface area contributed by atoms with E-state index in [9.17, 15) is 13.2 Å². The highest BCUT2D eigenvalue weighted by Crippen LogP contribution is 2.33. The lowest BCUT2D eigenvalue weighted by Gasteiger charge is -2.39. The van der Waals surface area contributed by atoms with Crippen LogP contribution in [0.5, 0.6) is 0 Å². The number of hydrogen-bond acceptors (Lipinski definition) is 3. The minimum atomic E-state index is -4.06. The van der Waals surface area contributed by atoms with E-state index in [1.165, 1.54) is 30.7 Å². The first kappa shape index (κ1) is 20.7. The molecule has 0 amide bonds. The van der Waals surface area contributed by atoms with Gasteiger partial charge in [0.1, 0.15) is 0 Å². The zero-order valence-corrected chi connectivity index (χ0v) is 16.6. The summed E-state index contributed by atoms with van der Waals surface area (Å²) in [5, 5.41) is 0. The second kappa shape index (κ2) is 9.46. The number of hydrogen-bond donors (Lipinski definition) is 0. The van der Waals surface area contributed by atoms with Crippen molar-refractivity contribution in [1.29, 1.82) is 0 Å². The molecule has 3 rings (SSSR count). The predicted molar refractivity (Wildman–Crippen MR) is 104 cm³/mol. The van der Waals surface area contributed by atoms with E-state index in [-0.39, 0.29) is 13.0 Å². The summed E-state index contributed by atoms with van der Waals surface area (Å²) < 4.78 is 39.1. The maximum atomic E-state index is 13.0. The number of unbranched alkanes of at least 4 members (excludes halogenated alkanes) is 1. The number of halogens is 3. The number of piperazine rings is 1. The Morgan fingerprint density at radius 2 is 1.85 bits per heavy atom. The Hall–Kier alpha value is -1.01. The van der Waals surface area contributed by atoms with Crippen molar-refractivity contribution in [1.82, 2.24) is 14.7 Å². The summed E-state index contributed by atoms with van der Waals surface area (Å²) >= 11 is 0. The molecule has 0 aromatic rings. The zero-order valence-electron chi connectivity index (χ0n) is 16.6. The van der Waals surface area contributed by atoms with Crippen LogP contribution in [0.25, 0.3) is 0 Å². The van der Waals surface area contributed by atoms with Gasteiger partial charge in [0.15, 0.2) is 0 Å². The van der Waals surface area contributed by atoms with E-state index in [0.717, 1.165) is 45.6 Å². The summed E-state index contributed by atoms with van der Waals surface area (Å²) in [6.07, 6.45) is 5.92. The second-order valence-corrected chi connectivity index (χ2v) is 8.25. The van der Waals surface area contributed by atoms with Gasteiger partial charge in [-0.05, 0) is 56.8 Å². The number of rotatable bonds is 6. The van der Waals surface area contributed by atoms with E-state index >= 15 is 0 Å². The van der Waals surface area contributed by atoms with Crippen molar-refractivity contribution in [2.45, 2.75) is 51.6 Å². The summed E-state index contributed by atoms with van der Waals surface area (Å²) in [6, 6.07) is 0. The average Bonchev–Trinajstić information content (AvgIpc) is 2.66. The summed E-state index contributed by atoms with van der Waals surface area (Å²) in [4.78, 5) is 7.03. The van der Waals surface area contributed by atoms with Gasteiger partial charge < -0.3 is 4.90 Å². The molecule has 0 aromatic carbocycles. The van der Waals surface area contributed by atoms with Crippen molar-refractivity contribution >= 4 is 0 Å². The molecule has 2 saturated heterocycles. The molecule has 2 aliphatic heterocycles. The van der Waals surface area contributed by atoms with Crippen LogP contribution in [0.15, 0.2) is 23.4 Å². The van der Waals surface area contributed by atoms with Crippen LogP contribution < -0.4 is 0 Å². The fourth-order valence-electron chi connectivity index (χ4n) is 4.48. The van der Waals surface area contributed by atoms with Gasteiger partial charge in [-0.2, -0.15) is 13.2 Å². The van der Waals surface area contributed by atoms with Gasteiger partial charge in [-0.15, -0.1) is 0 Å². The molecule has 0 aromatic heterocycles. The van der Waals surface area contributed by atoms with Crippen molar-refractivity contribution in [2.75, 3.05) is 52.4 Å². The lowest BCUT2D eigenvalue weighted by atomic mass is 9.96. The first-order chi connectivity index (χ1) is 13.0. The van der Waals surface area contributed by atoms with Gasteiger partial charge in [0.2, 0.25) is 0 Å². The SMILES string of the molecule is CCCCN1CCN(C2=CC(CN3CCCC(C(F)(F)F)C3)=CCC2)CC1. The Balaban J connectivity index is 1.51. The molecule has 2 heterocycles. The van der Waals surface area contributed by atoms with Crippen LogP contribution in [0.4, 0.5) is 13.2 Å². The number of piperidine rings is 1. The zero-order chi connectivity index (χ0) is 19.3. The molecule has 1 aliphatic carbocycles. The Morgan fingerprint density at radius 1 is 1.07 bits per heavy atom. The largest absolute Gasteiger partial charge is 0.393 e. The monoisotopic (exact) mass is 385 g/mol. The predicted octanol–water partition coefficient (Wildman–Crippen LogP) is 4.28. The molecule has 154 valence electrons. The minimum absolute atomic E-state index is 0.153. The van der Waals surface area contributed by atoms with Crippen LogP contribution in [0.2, 0.25) is 0 Å². The lowest BCUT2D eigenvalue weighted by Crippen LogP contribution is -2.46. The number of likely N-dealkylation sites (tertiary alicyclic amines) is 1. The average molecular weight is 386 g/mol. The van der Waals surface area contributed by atoms with Crippen LogP contribution in [0, 0.1) is 5.92 Å². The van der Waals surface area contributed by atoms with Gasteiger partial charge in [0, 0.05) is 45.0 Å². The van der Waals surface area contributed by atoms with Gasteiger partial charge in [-0.25, -0.2) is 0 Å². The molecule has 0 radical (unpaired) electrons. The third-order valence-corrected chi connectivity index (χ3v) is 6.14. The fraction of sp³-hybridized carbons (Fsp3) is 0.810. The molecule has 0 saturated carbocycles. The highest BCUT2D eigenvalue weighted by Gasteiger charge is 2.41. The summed E-state index contributed by atoms with van der Waals surface area (Å²) in [7, 11) is 0. The van der Waals surface area contributed by atoms with Crippen molar-refractivity contribution in [3.8, 4) is 0 Å². The summed E-state index contributed by atoms with van der Waals surface area (Å²) in [6.45, 7) is 9.41. The third-order valence-electron chi connectivity index (χ3n) is 6.14. The van der Waals surface area contributed by atoms with Gasteiger partial charge in [-0.3, -0.25) is 9.80 Å². The lowest BCUT2D eigenvalue weighted by molar-refractivity contribution is -0.186. The van der Waals surface area contributed by atoms with Gasteiger partial charge in [0.25, 0.3) is 0 Å². The molecule has 3 aliphatic rings. The molecule has 0 spiro atoms. The first-order valence-electron chi connectivity index (χ1n) is 10.6. The van der Waals surface area contributed by atoms with E-state index in [4.69, 9.17) is 0 Å². The summed E-state index contributed by atoms with van der Waals surface area (Å²) in [5.74, 6) is -1.16. The first-order valence-corrected chi connectivity index (χ1v) is 10.6. The molecular formula is C21H34F3N3. The van der Waals surface area contributed by atoms with E-state index < -0.39 is 12.1 Å². The number of nitrogens with zero attached hydrogens (tertiary/aromatic N) is 3. The standard InChI is InChI=1S/C21H34F3N3/c1-2-3-9-25-11-13-27(14-12-25)20-8-4-6-18(15-20)16-26-10-5-7-19(17-26)21(22,23)24/h6,15,19H,2-5,7-14,16-17H2,1H3. The molecular weight excluding hydrogens is 351 g/mol. The van der Waals surface area contributed by atoms with Crippen LogP contribution in [-0.4, -0.2) is 73.2 Å². The number of allylic oxidation sites excluding steroid dienone is 2. The van der Waals surface area contributed by atoms with E-state index in [1.54, 1.807) is 0 Å². The van der Waals surface area contributed by atoms with Crippen molar-refractivity contribution < 1.29 is 13.2 Å². The summed E-state index contributed by atoms with van der Waals surface area (Å²) in [5.41, 5.74) is 2.58. The topological polar surface area (TPSA) is 9.72 Å². The van der Waals surface area contributed by atoms with Gasteiger partial charge in [0.05, 0.1) is 5.92 Å². The molecule has 0 bridgehead atoms. The maximum absolute atomic E-state index is 13.0. The van der Waals surface area contributed by atoms with Crippen molar-refractivity contribution in [3.63, 3.8) is 0 Å². The fourth-order valence-corrected chi connectivity index (χ4v) is 4.48. The molecule has 0 N–H and O–H groups in total. The van der Waals surface area contributed by atoms with Crippen LogP contribution >= 0.6 is 0 Å². The molecule has 6 heteroatoms. The highest BCUT2D eigenvalue weighted by molar-refractivity contribution is 5.29. The number of alkyl halides is 3. The molecule has 1 unspecified atom stereocenters. The molecule has 1 atom stereocenters. The van der Waals surface area contributed by atoms with Crippen molar-refractivity contribution in [2.24, 2.45) is 5.92 Å². The van der Waals surface area contributed by atoms with Gasteiger partial charge in [-0.1, -0.05) is 19.4 Å². The van der Waals surface area contributed by atoms with E-state index in [0.29, 0.717) is 13.0 Å². The Morgan fingerprint density at radius 3 is 2.56 bits per heavy atom. The quantitative estimate of drug-likeness (QED) is 0.676.